The van der Waals surface area contributed by atoms with Crippen LogP contribution in [-0.2, 0) is 6.54 Å². The highest BCUT2D eigenvalue weighted by Crippen LogP contribution is 2.20. The van der Waals surface area contributed by atoms with E-state index in [4.69, 9.17) is 22.6 Å². The summed E-state index contributed by atoms with van der Waals surface area (Å²) in [6.45, 7) is 0.352. The van der Waals surface area contributed by atoms with E-state index in [1.54, 1.807) is 12.1 Å². The molecule has 0 heterocycles. The van der Waals surface area contributed by atoms with Gasteiger partial charge in [-0.1, -0.05) is 41.9 Å². The first-order valence-corrected chi connectivity index (χ1v) is 6.75. The summed E-state index contributed by atoms with van der Waals surface area (Å²) in [5.41, 5.74) is 7.45. The van der Waals surface area contributed by atoms with Gasteiger partial charge in [0.05, 0.1) is 11.6 Å². The van der Waals surface area contributed by atoms with Crippen LogP contribution in [0.3, 0.4) is 0 Å². The molecule has 0 fully saturated rings. The van der Waals surface area contributed by atoms with Crippen LogP contribution in [0.15, 0.2) is 48.5 Å². The molecule has 0 unspecified atom stereocenters. The van der Waals surface area contributed by atoms with Crippen molar-refractivity contribution in [2.75, 3.05) is 12.3 Å². The number of benzene rings is 2. The molecule has 0 spiro atoms. The molecule has 0 aliphatic rings. The van der Waals surface area contributed by atoms with E-state index in [0.29, 0.717) is 22.8 Å². The van der Waals surface area contributed by atoms with Crippen LogP contribution in [-0.4, -0.2) is 17.4 Å². The number of nitrogens with zero attached hydrogens (tertiary/aromatic N) is 2. The summed E-state index contributed by atoms with van der Waals surface area (Å²) in [5, 5.41) is 9.40. The molecular formula is C16H14ClN3O. The molecule has 0 aliphatic heterocycles. The summed E-state index contributed by atoms with van der Waals surface area (Å²) in [6.07, 6.45) is 0. The van der Waals surface area contributed by atoms with Crippen molar-refractivity contribution in [3.63, 3.8) is 0 Å². The third kappa shape index (κ3) is 3.74. The van der Waals surface area contributed by atoms with E-state index in [9.17, 15) is 4.79 Å². The maximum absolute atomic E-state index is 12.5. The van der Waals surface area contributed by atoms with Crippen LogP contribution in [0.2, 0.25) is 5.02 Å². The van der Waals surface area contributed by atoms with Crippen LogP contribution in [0.4, 0.5) is 5.69 Å². The molecule has 0 atom stereocenters. The van der Waals surface area contributed by atoms with Gasteiger partial charge in [0.1, 0.15) is 6.54 Å². The molecule has 4 nitrogen and oxygen atoms in total. The predicted molar refractivity (Wildman–Crippen MR) is 82.7 cm³/mol. The highest BCUT2D eigenvalue weighted by Gasteiger charge is 2.18. The quantitative estimate of drug-likeness (QED) is 0.696. The molecule has 2 aromatic carbocycles. The Morgan fingerprint density at radius 3 is 2.57 bits per heavy atom. The number of carbonyl (C=O) groups excluding carboxylic acids is 1. The number of rotatable bonds is 4. The number of hydrogen-bond donors (Lipinski definition) is 1. The van der Waals surface area contributed by atoms with E-state index in [1.807, 2.05) is 36.4 Å². The predicted octanol–water partition coefficient (Wildman–Crippen LogP) is 3.09. The van der Waals surface area contributed by atoms with E-state index < -0.39 is 0 Å². The summed E-state index contributed by atoms with van der Waals surface area (Å²) in [6, 6.07) is 16.2. The minimum atomic E-state index is -0.283. The number of amides is 1. The third-order valence-corrected chi connectivity index (χ3v) is 3.24. The Balaban J connectivity index is 2.25. The topological polar surface area (TPSA) is 70.1 Å². The molecule has 0 saturated carbocycles. The van der Waals surface area contributed by atoms with Crippen molar-refractivity contribution >= 4 is 23.2 Å². The zero-order valence-corrected chi connectivity index (χ0v) is 12.0. The first kappa shape index (κ1) is 14.9. The van der Waals surface area contributed by atoms with E-state index in [2.05, 4.69) is 0 Å². The van der Waals surface area contributed by atoms with Gasteiger partial charge in [-0.2, -0.15) is 5.26 Å². The molecule has 0 bridgehead atoms. The molecule has 2 rings (SSSR count). The molecule has 21 heavy (non-hydrogen) atoms. The Kier molecular flexibility index (Phi) is 4.81. The molecule has 5 heteroatoms. The lowest BCUT2D eigenvalue weighted by Gasteiger charge is -2.20. The summed E-state index contributed by atoms with van der Waals surface area (Å²) in [4.78, 5) is 14.0. The molecule has 2 aromatic rings. The van der Waals surface area contributed by atoms with Crippen molar-refractivity contribution < 1.29 is 4.79 Å². The van der Waals surface area contributed by atoms with E-state index in [0.717, 1.165) is 5.56 Å². The first-order chi connectivity index (χ1) is 10.1. The fraction of sp³-hybridized carbons (Fsp3) is 0.125. The van der Waals surface area contributed by atoms with Gasteiger partial charge in [-0.05, 0) is 23.8 Å². The minimum Gasteiger partial charge on any atom is -0.398 e. The summed E-state index contributed by atoms with van der Waals surface area (Å²) >= 11 is 5.83. The Morgan fingerprint density at radius 1 is 1.24 bits per heavy atom. The Morgan fingerprint density at radius 2 is 1.95 bits per heavy atom. The van der Waals surface area contributed by atoms with Gasteiger partial charge in [0, 0.05) is 17.3 Å². The number of nitrogens with two attached hydrogens (primary N) is 1. The van der Waals surface area contributed by atoms with E-state index >= 15 is 0 Å². The highest BCUT2D eigenvalue weighted by atomic mass is 35.5. The molecule has 0 aromatic heterocycles. The van der Waals surface area contributed by atoms with Crippen molar-refractivity contribution in [3.05, 3.63) is 64.7 Å². The van der Waals surface area contributed by atoms with Gasteiger partial charge in [-0.15, -0.1) is 0 Å². The molecule has 1 amide bonds. The van der Waals surface area contributed by atoms with Crippen LogP contribution in [0.5, 0.6) is 0 Å². The van der Waals surface area contributed by atoms with E-state index in [-0.39, 0.29) is 12.5 Å². The van der Waals surface area contributed by atoms with Crippen molar-refractivity contribution in [1.82, 2.24) is 4.90 Å². The van der Waals surface area contributed by atoms with Gasteiger partial charge in [-0.25, -0.2) is 0 Å². The van der Waals surface area contributed by atoms with Crippen LogP contribution in [0, 0.1) is 11.3 Å². The number of nitrogen functional groups attached to an aromatic ring is 1. The van der Waals surface area contributed by atoms with Crippen molar-refractivity contribution in [2.24, 2.45) is 0 Å². The fourth-order valence-electron chi connectivity index (χ4n) is 1.99. The Hall–Kier alpha value is -2.51. The van der Waals surface area contributed by atoms with E-state index in [1.165, 1.54) is 11.0 Å². The second kappa shape index (κ2) is 6.78. The van der Waals surface area contributed by atoms with Gasteiger partial charge in [0.15, 0.2) is 0 Å². The number of anilines is 1. The smallest absolute Gasteiger partial charge is 0.257 e. The highest BCUT2D eigenvalue weighted by molar-refractivity contribution is 6.31. The Labute approximate surface area is 128 Å². The monoisotopic (exact) mass is 299 g/mol. The minimum absolute atomic E-state index is 0.00417. The second-order valence-corrected chi connectivity index (χ2v) is 4.97. The second-order valence-electron chi connectivity index (χ2n) is 4.54. The average molecular weight is 300 g/mol. The average Bonchev–Trinajstić information content (AvgIpc) is 2.47. The lowest BCUT2D eigenvalue weighted by atomic mass is 10.1. The lowest BCUT2D eigenvalue weighted by molar-refractivity contribution is 0.0766. The molecular weight excluding hydrogens is 286 g/mol. The zero-order chi connectivity index (χ0) is 15.2. The Bertz CT molecular complexity index is 680. The normalized spacial score (nSPS) is 9.90. The molecule has 106 valence electrons. The number of nitriles is 1. The summed E-state index contributed by atoms with van der Waals surface area (Å²) < 4.78 is 0. The fourth-order valence-corrected chi connectivity index (χ4v) is 2.17. The largest absolute Gasteiger partial charge is 0.398 e. The van der Waals surface area contributed by atoms with Gasteiger partial charge >= 0.3 is 0 Å². The number of halogens is 1. The molecule has 2 N–H and O–H groups in total. The van der Waals surface area contributed by atoms with Gasteiger partial charge in [-0.3, -0.25) is 4.79 Å². The zero-order valence-electron chi connectivity index (χ0n) is 11.3. The summed E-state index contributed by atoms with van der Waals surface area (Å²) in [5.74, 6) is -0.283. The van der Waals surface area contributed by atoms with Crippen molar-refractivity contribution in [2.45, 2.75) is 6.54 Å². The van der Waals surface area contributed by atoms with Crippen LogP contribution >= 0.6 is 11.6 Å². The number of carbonyl (C=O) groups is 1. The standard InChI is InChI=1S/C16H14ClN3O/c17-13-6-7-14(15(19)10-13)16(21)20(9-8-18)11-12-4-2-1-3-5-12/h1-7,10H,9,11,19H2. The third-order valence-electron chi connectivity index (χ3n) is 3.01. The molecule has 0 aliphatic carbocycles. The molecule has 0 radical (unpaired) electrons. The van der Waals surface area contributed by atoms with Gasteiger partial charge in [0.2, 0.25) is 0 Å². The van der Waals surface area contributed by atoms with Crippen LogP contribution in [0.1, 0.15) is 15.9 Å². The number of hydrogen-bond acceptors (Lipinski definition) is 3. The first-order valence-electron chi connectivity index (χ1n) is 6.37. The maximum atomic E-state index is 12.5. The maximum Gasteiger partial charge on any atom is 0.257 e. The van der Waals surface area contributed by atoms with Gasteiger partial charge < -0.3 is 10.6 Å². The molecule has 0 saturated heterocycles. The SMILES string of the molecule is N#CCN(Cc1ccccc1)C(=O)c1ccc(Cl)cc1N. The van der Waals surface area contributed by atoms with Crippen molar-refractivity contribution in [1.29, 1.82) is 5.26 Å². The lowest BCUT2D eigenvalue weighted by Crippen LogP contribution is -2.31. The van der Waals surface area contributed by atoms with Crippen LogP contribution < -0.4 is 5.73 Å². The van der Waals surface area contributed by atoms with Crippen LogP contribution in [0.25, 0.3) is 0 Å². The van der Waals surface area contributed by atoms with Gasteiger partial charge in [0.25, 0.3) is 5.91 Å². The summed E-state index contributed by atoms with van der Waals surface area (Å²) in [7, 11) is 0. The van der Waals surface area contributed by atoms with Crippen molar-refractivity contribution in [3.8, 4) is 6.07 Å².